The molecule has 0 unspecified atom stereocenters. The van der Waals surface area contributed by atoms with Crippen LogP contribution in [0, 0.1) is 5.92 Å². The molecule has 0 aliphatic heterocycles. The fraction of sp³-hybridized carbons (Fsp3) is 0.500. The summed E-state index contributed by atoms with van der Waals surface area (Å²) in [5.74, 6) is 0.862. The van der Waals surface area contributed by atoms with Gasteiger partial charge in [-0.05, 0) is 18.1 Å². The van der Waals surface area contributed by atoms with Crippen LogP contribution >= 0.6 is 0 Å². The lowest BCUT2D eigenvalue weighted by molar-refractivity contribution is 0.103. The fourth-order valence-electron chi connectivity index (χ4n) is 0.788. The Morgan fingerprint density at radius 3 is 2.60 bits per heavy atom. The molecule has 1 N–H and O–H groups in total. The van der Waals surface area contributed by atoms with Crippen molar-refractivity contribution in [2.45, 2.75) is 20.0 Å². The first-order chi connectivity index (χ1) is 4.72. The Morgan fingerprint density at radius 1 is 1.50 bits per heavy atom. The van der Waals surface area contributed by atoms with E-state index in [9.17, 15) is 5.11 Å². The van der Waals surface area contributed by atoms with Gasteiger partial charge in [-0.1, -0.05) is 13.8 Å². The highest BCUT2D eigenvalue weighted by molar-refractivity contribution is 5.02. The van der Waals surface area contributed by atoms with Crippen LogP contribution in [-0.4, -0.2) is 5.11 Å². The van der Waals surface area contributed by atoms with Gasteiger partial charge in [0.2, 0.25) is 0 Å². The van der Waals surface area contributed by atoms with E-state index in [2.05, 4.69) is 0 Å². The Hall–Kier alpha value is -0.760. The fourth-order valence-corrected chi connectivity index (χ4v) is 0.788. The van der Waals surface area contributed by atoms with Gasteiger partial charge < -0.3 is 9.52 Å². The van der Waals surface area contributed by atoms with Crippen LogP contribution in [0.25, 0.3) is 0 Å². The maximum absolute atomic E-state index is 9.39. The maximum atomic E-state index is 9.39. The monoisotopic (exact) mass is 140 g/mol. The van der Waals surface area contributed by atoms with E-state index in [0.29, 0.717) is 5.76 Å². The number of hydrogen-bond donors (Lipinski definition) is 1. The second-order valence-electron chi connectivity index (χ2n) is 2.70. The Kier molecular flexibility index (Phi) is 2.12. The van der Waals surface area contributed by atoms with Crippen LogP contribution < -0.4 is 0 Å². The van der Waals surface area contributed by atoms with Crippen molar-refractivity contribution in [2.75, 3.05) is 0 Å². The molecular weight excluding hydrogens is 128 g/mol. The summed E-state index contributed by atoms with van der Waals surface area (Å²) in [5, 5.41) is 9.39. The minimum atomic E-state index is -0.463. The molecular formula is C8H12O2. The predicted octanol–water partition coefficient (Wildman–Crippen LogP) is 1.97. The van der Waals surface area contributed by atoms with E-state index >= 15 is 0 Å². The third kappa shape index (κ3) is 1.39. The van der Waals surface area contributed by atoms with Crippen LogP contribution in [0.1, 0.15) is 25.7 Å². The van der Waals surface area contributed by atoms with Gasteiger partial charge in [0.15, 0.2) is 0 Å². The molecule has 0 aliphatic carbocycles. The Bertz CT molecular complexity index is 177. The van der Waals surface area contributed by atoms with Crippen molar-refractivity contribution in [1.82, 2.24) is 0 Å². The van der Waals surface area contributed by atoms with E-state index in [1.807, 2.05) is 13.8 Å². The van der Waals surface area contributed by atoms with Crippen molar-refractivity contribution < 1.29 is 9.52 Å². The Morgan fingerprint density at radius 2 is 2.20 bits per heavy atom. The van der Waals surface area contributed by atoms with Gasteiger partial charge in [0.05, 0.1) is 6.26 Å². The number of aliphatic hydroxyl groups is 1. The van der Waals surface area contributed by atoms with E-state index in [1.54, 1.807) is 18.4 Å². The second kappa shape index (κ2) is 2.88. The average Bonchev–Trinajstić information content (AvgIpc) is 2.36. The normalized spacial score (nSPS) is 14.0. The van der Waals surface area contributed by atoms with Crippen molar-refractivity contribution >= 4 is 0 Å². The van der Waals surface area contributed by atoms with Crippen LogP contribution in [-0.2, 0) is 0 Å². The zero-order valence-corrected chi connectivity index (χ0v) is 6.24. The molecule has 0 radical (unpaired) electrons. The van der Waals surface area contributed by atoms with Crippen molar-refractivity contribution in [3.8, 4) is 0 Å². The molecule has 0 fully saturated rings. The summed E-state index contributed by atoms with van der Waals surface area (Å²) >= 11 is 0. The second-order valence-corrected chi connectivity index (χ2v) is 2.70. The van der Waals surface area contributed by atoms with Crippen molar-refractivity contribution in [1.29, 1.82) is 0 Å². The van der Waals surface area contributed by atoms with Crippen LogP contribution in [0.2, 0.25) is 0 Å². The van der Waals surface area contributed by atoms with E-state index in [4.69, 9.17) is 4.42 Å². The number of rotatable bonds is 2. The van der Waals surface area contributed by atoms with Crippen LogP contribution in [0.15, 0.2) is 22.8 Å². The molecule has 0 aromatic carbocycles. The van der Waals surface area contributed by atoms with Gasteiger partial charge >= 0.3 is 0 Å². The maximum Gasteiger partial charge on any atom is 0.132 e. The topological polar surface area (TPSA) is 33.4 Å². The molecule has 10 heavy (non-hydrogen) atoms. The third-order valence-electron chi connectivity index (χ3n) is 1.47. The highest BCUT2D eigenvalue weighted by Gasteiger charge is 2.13. The summed E-state index contributed by atoms with van der Waals surface area (Å²) in [6, 6.07) is 3.56. The van der Waals surface area contributed by atoms with E-state index < -0.39 is 6.10 Å². The summed E-state index contributed by atoms with van der Waals surface area (Å²) in [5.41, 5.74) is 0. The summed E-state index contributed by atoms with van der Waals surface area (Å²) in [4.78, 5) is 0. The summed E-state index contributed by atoms with van der Waals surface area (Å²) in [6.07, 6.45) is 1.11. The molecule has 1 aromatic rings. The summed E-state index contributed by atoms with van der Waals surface area (Å²) in [6.45, 7) is 3.90. The lowest BCUT2D eigenvalue weighted by atomic mass is 10.1. The number of hydrogen-bond acceptors (Lipinski definition) is 2. The van der Waals surface area contributed by atoms with Gasteiger partial charge in [-0.15, -0.1) is 0 Å². The van der Waals surface area contributed by atoms with Gasteiger partial charge in [0.1, 0.15) is 11.9 Å². The first-order valence-corrected chi connectivity index (χ1v) is 3.43. The lowest BCUT2D eigenvalue weighted by Crippen LogP contribution is -2.03. The quantitative estimate of drug-likeness (QED) is 0.681. The van der Waals surface area contributed by atoms with Crippen molar-refractivity contribution in [3.05, 3.63) is 24.2 Å². The third-order valence-corrected chi connectivity index (χ3v) is 1.47. The molecule has 1 rings (SSSR count). The zero-order chi connectivity index (χ0) is 7.56. The molecule has 1 atom stereocenters. The largest absolute Gasteiger partial charge is 0.467 e. The molecule has 0 bridgehead atoms. The first kappa shape index (κ1) is 7.35. The lowest BCUT2D eigenvalue weighted by Gasteiger charge is -2.10. The predicted molar refractivity (Wildman–Crippen MR) is 38.5 cm³/mol. The average molecular weight is 140 g/mol. The SMILES string of the molecule is CC(C)[C@H](O)c1ccco1. The molecule has 1 aromatic heterocycles. The molecule has 0 saturated heterocycles. The molecule has 2 heteroatoms. The number of aliphatic hydroxyl groups excluding tert-OH is 1. The van der Waals surface area contributed by atoms with Crippen molar-refractivity contribution in [2.24, 2.45) is 5.92 Å². The van der Waals surface area contributed by atoms with Gasteiger partial charge in [-0.3, -0.25) is 0 Å². The van der Waals surface area contributed by atoms with Gasteiger partial charge in [0, 0.05) is 0 Å². The molecule has 0 spiro atoms. The van der Waals surface area contributed by atoms with Crippen LogP contribution in [0.5, 0.6) is 0 Å². The van der Waals surface area contributed by atoms with E-state index in [0.717, 1.165) is 0 Å². The zero-order valence-electron chi connectivity index (χ0n) is 6.24. The highest BCUT2D eigenvalue weighted by Crippen LogP contribution is 2.20. The van der Waals surface area contributed by atoms with Gasteiger partial charge in [0.25, 0.3) is 0 Å². The molecule has 2 nitrogen and oxygen atoms in total. The minimum Gasteiger partial charge on any atom is -0.467 e. The Labute approximate surface area is 60.5 Å². The molecule has 0 amide bonds. The first-order valence-electron chi connectivity index (χ1n) is 3.43. The van der Waals surface area contributed by atoms with Gasteiger partial charge in [-0.25, -0.2) is 0 Å². The molecule has 56 valence electrons. The van der Waals surface area contributed by atoms with Gasteiger partial charge in [-0.2, -0.15) is 0 Å². The highest BCUT2D eigenvalue weighted by atomic mass is 16.4. The van der Waals surface area contributed by atoms with Crippen LogP contribution in [0.3, 0.4) is 0 Å². The molecule has 1 heterocycles. The number of furan rings is 1. The van der Waals surface area contributed by atoms with Crippen LogP contribution in [0.4, 0.5) is 0 Å². The summed E-state index contributed by atoms with van der Waals surface area (Å²) < 4.78 is 5.01. The standard InChI is InChI=1S/C8H12O2/c1-6(2)8(9)7-4-3-5-10-7/h3-6,8-9H,1-2H3/t8-/m0/s1. The molecule has 0 saturated carbocycles. The van der Waals surface area contributed by atoms with Crippen molar-refractivity contribution in [3.63, 3.8) is 0 Å². The minimum absolute atomic E-state index is 0.214. The van der Waals surface area contributed by atoms with E-state index in [1.165, 1.54) is 0 Å². The molecule has 0 aliphatic rings. The Balaban J connectivity index is 2.68. The summed E-state index contributed by atoms with van der Waals surface area (Å²) in [7, 11) is 0. The smallest absolute Gasteiger partial charge is 0.132 e. The van der Waals surface area contributed by atoms with E-state index in [-0.39, 0.29) is 5.92 Å².